The molecule has 1 atom stereocenters. The maximum atomic E-state index is 12.4. The smallest absolute Gasteiger partial charge is 0.324 e. The van der Waals surface area contributed by atoms with Crippen LogP contribution in [-0.4, -0.2) is 30.7 Å². The quantitative estimate of drug-likeness (QED) is 0.241. The Kier molecular flexibility index (Phi) is 9.63. The van der Waals surface area contributed by atoms with Crippen molar-refractivity contribution in [2.45, 2.75) is 58.8 Å². The van der Waals surface area contributed by atoms with Gasteiger partial charge in [-0.3, -0.25) is 14.4 Å². The minimum absolute atomic E-state index is 0.0895. The van der Waals surface area contributed by atoms with Gasteiger partial charge >= 0.3 is 5.97 Å². The van der Waals surface area contributed by atoms with E-state index in [9.17, 15) is 14.4 Å². The van der Waals surface area contributed by atoms with Crippen molar-refractivity contribution in [1.82, 2.24) is 0 Å². The van der Waals surface area contributed by atoms with E-state index in [1.165, 1.54) is 18.1 Å². The summed E-state index contributed by atoms with van der Waals surface area (Å²) in [6, 6.07) is 18.3. The van der Waals surface area contributed by atoms with Crippen LogP contribution in [-0.2, 0) is 24.5 Å². The van der Waals surface area contributed by atoms with Gasteiger partial charge in [0.25, 0.3) is 0 Å². The van der Waals surface area contributed by atoms with Crippen molar-refractivity contribution < 1.29 is 23.9 Å². The zero-order valence-electron chi connectivity index (χ0n) is 19.6. The molecule has 2 aromatic carbocycles. The molecule has 0 spiro atoms. The Balaban J connectivity index is 1.85. The second-order valence-corrected chi connectivity index (χ2v) is 8.50. The van der Waals surface area contributed by atoms with Crippen LogP contribution in [0.25, 0.3) is 0 Å². The van der Waals surface area contributed by atoms with Gasteiger partial charge in [0.05, 0.1) is 13.2 Å². The molecule has 2 rings (SSSR count). The van der Waals surface area contributed by atoms with Gasteiger partial charge in [0.2, 0.25) is 0 Å². The summed E-state index contributed by atoms with van der Waals surface area (Å²) in [5, 5.41) is 0. The molecule has 32 heavy (non-hydrogen) atoms. The van der Waals surface area contributed by atoms with Crippen LogP contribution in [0.2, 0.25) is 0 Å². The third kappa shape index (κ3) is 7.04. The summed E-state index contributed by atoms with van der Waals surface area (Å²) >= 11 is 0. The largest absolute Gasteiger partial charge is 0.494 e. The van der Waals surface area contributed by atoms with E-state index in [1.54, 1.807) is 0 Å². The highest BCUT2D eigenvalue weighted by molar-refractivity contribution is 6.16. The maximum absolute atomic E-state index is 12.4. The summed E-state index contributed by atoms with van der Waals surface area (Å²) < 4.78 is 10.8. The Morgan fingerprint density at radius 2 is 1.50 bits per heavy atom. The van der Waals surface area contributed by atoms with Gasteiger partial charge in [-0.05, 0) is 43.0 Å². The van der Waals surface area contributed by atoms with Gasteiger partial charge in [0.15, 0.2) is 17.5 Å². The van der Waals surface area contributed by atoms with Crippen LogP contribution in [0.4, 0.5) is 0 Å². The number of ether oxygens (including phenoxy) is 2. The number of unbranched alkanes of at least 4 members (excludes halogenated alkanes) is 1. The average Bonchev–Trinajstić information content (AvgIpc) is 2.77. The second kappa shape index (κ2) is 12.2. The van der Waals surface area contributed by atoms with E-state index in [0.29, 0.717) is 25.2 Å². The van der Waals surface area contributed by atoms with E-state index in [-0.39, 0.29) is 18.4 Å². The third-order valence-electron chi connectivity index (χ3n) is 5.61. The normalized spacial score (nSPS) is 12.1. The molecule has 0 bridgehead atoms. The fourth-order valence-corrected chi connectivity index (χ4v) is 3.49. The molecular weight excluding hydrogens is 404 g/mol. The fourth-order valence-electron chi connectivity index (χ4n) is 3.49. The molecule has 0 saturated heterocycles. The molecule has 1 unspecified atom stereocenters. The van der Waals surface area contributed by atoms with Crippen molar-refractivity contribution in [3.05, 3.63) is 65.7 Å². The SMILES string of the molecule is CCCCOC(=O)C(C(C)=O)C(=O)CCCOc1ccc(C(C)(C)c2ccccc2)cc1. The minimum atomic E-state index is -1.33. The number of carbonyl (C=O) groups excluding carboxylic acids is 3. The number of Topliss-reactive ketones (excluding diaryl/α,β-unsaturated/α-hetero) is 2. The Hall–Kier alpha value is -2.95. The van der Waals surface area contributed by atoms with Crippen molar-refractivity contribution in [2.24, 2.45) is 5.92 Å². The summed E-state index contributed by atoms with van der Waals surface area (Å²) in [4.78, 5) is 36.2. The predicted molar refractivity (Wildman–Crippen MR) is 125 cm³/mol. The van der Waals surface area contributed by atoms with Gasteiger partial charge in [-0.15, -0.1) is 0 Å². The van der Waals surface area contributed by atoms with Crippen molar-refractivity contribution in [1.29, 1.82) is 0 Å². The van der Waals surface area contributed by atoms with Crippen molar-refractivity contribution >= 4 is 17.5 Å². The number of rotatable bonds is 13. The summed E-state index contributed by atoms with van der Waals surface area (Å²) in [5.74, 6) is -2.25. The molecule has 172 valence electrons. The first-order valence-electron chi connectivity index (χ1n) is 11.3. The number of esters is 1. The molecule has 0 N–H and O–H groups in total. The summed E-state index contributed by atoms with van der Waals surface area (Å²) in [6.45, 7) is 8.14. The summed E-state index contributed by atoms with van der Waals surface area (Å²) in [7, 11) is 0. The van der Waals surface area contributed by atoms with Crippen molar-refractivity contribution in [3.8, 4) is 5.75 Å². The molecule has 5 heteroatoms. The van der Waals surface area contributed by atoms with Crippen LogP contribution in [0.1, 0.15) is 64.5 Å². The monoisotopic (exact) mass is 438 g/mol. The van der Waals surface area contributed by atoms with Crippen LogP contribution in [0, 0.1) is 5.92 Å². The molecule has 0 amide bonds. The number of benzene rings is 2. The zero-order valence-corrected chi connectivity index (χ0v) is 19.6. The molecule has 0 aromatic heterocycles. The first kappa shape index (κ1) is 25.3. The first-order chi connectivity index (χ1) is 15.3. The van der Waals surface area contributed by atoms with E-state index in [0.717, 1.165) is 6.42 Å². The zero-order chi connectivity index (χ0) is 23.6. The minimum Gasteiger partial charge on any atom is -0.494 e. The second-order valence-electron chi connectivity index (χ2n) is 8.50. The highest BCUT2D eigenvalue weighted by Crippen LogP contribution is 2.32. The molecule has 5 nitrogen and oxygen atoms in total. The van der Waals surface area contributed by atoms with E-state index < -0.39 is 23.5 Å². The van der Waals surface area contributed by atoms with Gasteiger partial charge < -0.3 is 9.47 Å². The molecule has 0 saturated carbocycles. The van der Waals surface area contributed by atoms with Gasteiger partial charge in [0.1, 0.15) is 5.75 Å². The number of hydrogen-bond donors (Lipinski definition) is 0. The molecule has 2 aromatic rings. The summed E-state index contributed by atoms with van der Waals surface area (Å²) in [5.41, 5.74) is 2.29. The van der Waals surface area contributed by atoms with E-state index in [2.05, 4.69) is 26.0 Å². The van der Waals surface area contributed by atoms with Crippen LogP contribution in [0.3, 0.4) is 0 Å². The maximum Gasteiger partial charge on any atom is 0.324 e. The van der Waals surface area contributed by atoms with E-state index in [1.807, 2.05) is 49.4 Å². The summed E-state index contributed by atoms with van der Waals surface area (Å²) in [6.07, 6.45) is 2.09. The van der Waals surface area contributed by atoms with Crippen molar-refractivity contribution in [3.63, 3.8) is 0 Å². The lowest BCUT2D eigenvalue weighted by Crippen LogP contribution is -2.32. The van der Waals surface area contributed by atoms with Gasteiger partial charge in [-0.2, -0.15) is 0 Å². The Morgan fingerprint density at radius 1 is 0.875 bits per heavy atom. The lowest BCUT2D eigenvalue weighted by atomic mass is 9.78. The Labute approximate surface area is 191 Å². The highest BCUT2D eigenvalue weighted by Gasteiger charge is 2.31. The van der Waals surface area contributed by atoms with Crippen molar-refractivity contribution in [2.75, 3.05) is 13.2 Å². The first-order valence-corrected chi connectivity index (χ1v) is 11.3. The number of hydrogen-bond acceptors (Lipinski definition) is 5. The van der Waals surface area contributed by atoms with Gasteiger partial charge in [-0.1, -0.05) is 69.7 Å². The highest BCUT2D eigenvalue weighted by atomic mass is 16.5. The number of carbonyl (C=O) groups is 3. The van der Waals surface area contributed by atoms with Crippen LogP contribution >= 0.6 is 0 Å². The Morgan fingerprint density at radius 3 is 2.09 bits per heavy atom. The van der Waals surface area contributed by atoms with Gasteiger partial charge in [-0.25, -0.2) is 0 Å². The Bertz CT molecular complexity index is 884. The average molecular weight is 439 g/mol. The molecule has 0 aliphatic heterocycles. The molecular formula is C27H34O5. The van der Waals surface area contributed by atoms with Crippen LogP contribution < -0.4 is 4.74 Å². The standard InChI is InChI=1S/C27H34O5/c1-5-6-18-32-26(30)25(20(2)28)24(29)13-10-19-31-23-16-14-22(15-17-23)27(3,4)21-11-8-7-9-12-21/h7-9,11-12,14-17,25H,5-6,10,13,18-19H2,1-4H3. The van der Waals surface area contributed by atoms with Crippen LogP contribution in [0.5, 0.6) is 5.75 Å². The fraction of sp³-hybridized carbons (Fsp3) is 0.444. The molecule has 0 fully saturated rings. The molecule has 0 aliphatic rings. The molecule has 0 heterocycles. The number of ketones is 2. The third-order valence-corrected chi connectivity index (χ3v) is 5.61. The molecule has 0 radical (unpaired) electrons. The van der Waals surface area contributed by atoms with E-state index >= 15 is 0 Å². The van der Waals surface area contributed by atoms with Crippen LogP contribution in [0.15, 0.2) is 54.6 Å². The lowest BCUT2D eigenvalue weighted by molar-refractivity contribution is -0.155. The lowest BCUT2D eigenvalue weighted by Gasteiger charge is -2.26. The van der Waals surface area contributed by atoms with E-state index in [4.69, 9.17) is 9.47 Å². The topological polar surface area (TPSA) is 69.7 Å². The molecule has 0 aliphatic carbocycles. The predicted octanol–water partition coefficient (Wildman–Crippen LogP) is 5.29. The van der Waals surface area contributed by atoms with Gasteiger partial charge in [0, 0.05) is 11.8 Å².